The maximum Gasteiger partial charge on any atom is 0.358 e. The van der Waals surface area contributed by atoms with Gasteiger partial charge in [-0.3, -0.25) is 9.20 Å². The van der Waals surface area contributed by atoms with Crippen LogP contribution in [0.2, 0.25) is 0 Å². The second kappa shape index (κ2) is 5.29. The number of pyridine rings is 2. The van der Waals surface area contributed by atoms with Crippen molar-refractivity contribution in [1.29, 1.82) is 0 Å². The minimum atomic E-state index is -0.471. The summed E-state index contributed by atoms with van der Waals surface area (Å²) in [4.78, 5) is 31.6. The molecular weight excluding hydrogens is 282 g/mol. The first-order valence-corrected chi connectivity index (χ1v) is 7.23. The van der Waals surface area contributed by atoms with Gasteiger partial charge < -0.3 is 9.72 Å². The maximum atomic E-state index is 12.2. The standard InChI is InChI=1S/C16H17N3O3/c1-4-22-16(21)12-8-19-14(17-12)6-5-10-13(20)7-11(9(2)3)18-15(10)19/h5-9H,4H2,1-3H3,(H,18,20). The zero-order valence-corrected chi connectivity index (χ0v) is 12.7. The van der Waals surface area contributed by atoms with Crippen LogP contribution in [0, 0.1) is 0 Å². The van der Waals surface area contributed by atoms with E-state index < -0.39 is 5.97 Å². The highest BCUT2D eigenvalue weighted by Gasteiger charge is 2.14. The topological polar surface area (TPSA) is 76.5 Å². The lowest BCUT2D eigenvalue weighted by Gasteiger charge is -2.08. The third-order valence-electron chi connectivity index (χ3n) is 3.55. The summed E-state index contributed by atoms with van der Waals surface area (Å²) in [5, 5.41) is 0.560. The van der Waals surface area contributed by atoms with Gasteiger partial charge in [0.05, 0.1) is 12.0 Å². The van der Waals surface area contributed by atoms with Crippen molar-refractivity contribution in [2.24, 2.45) is 0 Å². The smallest absolute Gasteiger partial charge is 0.358 e. The molecule has 3 aromatic heterocycles. The Morgan fingerprint density at radius 2 is 2.18 bits per heavy atom. The fourth-order valence-electron chi connectivity index (χ4n) is 2.39. The van der Waals surface area contributed by atoms with E-state index in [9.17, 15) is 9.59 Å². The molecule has 3 heterocycles. The van der Waals surface area contributed by atoms with E-state index in [0.29, 0.717) is 23.3 Å². The van der Waals surface area contributed by atoms with Gasteiger partial charge in [-0.15, -0.1) is 0 Å². The molecule has 3 aromatic rings. The van der Waals surface area contributed by atoms with Crippen molar-refractivity contribution in [3.63, 3.8) is 0 Å². The summed E-state index contributed by atoms with van der Waals surface area (Å²) in [5.41, 5.74) is 2.25. The van der Waals surface area contributed by atoms with Gasteiger partial charge in [-0.05, 0) is 25.0 Å². The summed E-state index contributed by atoms with van der Waals surface area (Å²) in [6, 6.07) is 5.05. The Bertz CT molecular complexity index is 921. The van der Waals surface area contributed by atoms with E-state index in [0.717, 1.165) is 5.69 Å². The average Bonchev–Trinajstić information content (AvgIpc) is 2.91. The summed E-state index contributed by atoms with van der Waals surface area (Å²) in [6.45, 7) is 6.06. The van der Waals surface area contributed by atoms with Crippen LogP contribution in [0.4, 0.5) is 0 Å². The number of esters is 1. The molecule has 0 saturated carbocycles. The van der Waals surface area contributed by atoms with Gasteiger partial charge in [-0.1, -0.05) is 13.8 Å². The molecule has 0 aliphatic carbocycles. The Balaban J connectivity index is 2.29. The van der Waals surface area contributed by atoms with Crippen LogP contribution >= 0.6 is 0 Å². The molecule has 0 spiro atoms. The number of carbonyl (C=O) groups is 1. The van der Waals surface area contributed by atoms with Gasteiger partial charge in [-0.2, -0.15) is 0 Å². The zero-order chi connectivity index (χ0) is 15.9. The number of fused-ring (bicyclic) bond motifs is 3. The normalized spacial score (nSPS) is 11.5. The molecule has 0 radical (unpaired) electrons. The lowest BCUT2D eigenvalue weighted by molar-refractivity contribution is 0.0520. The molecule has 0 bridgehead atoms. The minimum Gasteiger partial charge on any atom is -0.461 e. The number of H-pyrrole nitrogens is 1. The van der Waals surface area contributed by atoms with Crippen molar-refractivity contribution in [1.82, 2.24) is 14.4 Å². The van der Waals surface area contributed by atoms with Gasteiger partial charge in [-0.25, -0.2) is 9.78 Å². The molecule has 0 amide bonds. The van der Waals surface area contributed by atoms with Crippen LogP contribution in [0.3, 0.4) is 0 Å². The quantitative estimate of drug-likeness (QED) is 0.754. The van der Waals surface area contributed by atoms with Gasteiger partial charge in [0.2, 0.25) is 0 Å². The van der Waals surface area contributed by atoms with Crippen LogP contribution in [0.15, 0.2) is 29.2 Å². The van der Waals surface area contributed by atoms with E-state index in [1.807, 2.05) is 13.8 Å². The molecule has 0 atom stereocenters. The maximum absolute atomic E-state index is 12.2. The minimum absolute atomic E-state index is 0.0502. The number of nitrogens with zero attached hydrogens (tertiary/aromatic N) is 2. The summed E-state index contributed by atoms with van der Waals surface area (Å²) < 4.78 is 6.69. The molecule has 0 aliphatic heterocycles. The first kappa shape index (κ1) is 14.3. The summed E-state index contributed by atoms with van der Waals surface area (Å²) in [7, 11) is 0. The first-order chi connectivity index (χ1) is 10.5. The molecule has 1 N–H and O–H groups in total. The van der Waals surface area contributed by atoms with E-state index in [1.165, 1.54) is 0 Å². The number of ether oxygens (including phenoxy) is 1. The van der Waals surface area contributed by atoms with Crippen LogP contribution in [0.25, 0.3) is 16.7 Å². The summed E-state index contributed by atoms with van der Waals surface area (Å²) in [6.07, 6.45) is 1.59. The highest BCUT2D eigenvalue weighted by molar-refractivity contribution is 5.89. The zero-order valence-electron chi connectivity index (χ0n) is 12.7. The Morgan fingerprint density at radius 1 is 1.41 bits per heavy atom. The van der Waals surface area contributed by atoms with E-state index in [2.05, 4.69) is 9.97 Å². The average molecular weight is 299 g/mol. The molecule has 0 aliphatic rings. The number of imidazole rings is 1. The number of carbonyl (C=O) groups excluding carboxylic acids is 1. The Labute approximate surface area is 126 Å². The number of hydrogen-bond acceptors (Lipinski definition) is 4. The predicted molar refractivity (Wildman–Crippen MR) is 83.4 cm³/mol. The number of aromatic nitrogens is 3. The molecule has 0 aromatic carbocycles. The van der Waals surface area contributed by atoms with Crippen molar-refractivity contribution in [3.05, 3.63) is 46.0 Å². The van der Waals surface area contributed by atoms with Gasteiger partial charge in [0.1, 0.15) is 11.3 Å². The number of rotatable bonds is 3. The molecule has 6 nitrogen and oxygen atoms in total. The number of aromatic amines is 1. The van der Waals surface area contributed by atoms with Crippen molar-refractivity contribution >= 4 is 22.6 Å². The molecule has 3 rings (SSSR count). The third-order valence-corrected chi connectivity index (χ3v) is 3.55. The predicted octanol–water partition coefficient (Wildman–Crippen LogP) is 2.48. The van der Waals surface area contributed by atoms with Crippen LogP contribution in [-0.2, 0) is 4.74 Å². The molecule has 0 saturated heterocycles. The van der Waals surface area contributed by atoms with Gasteiger partial charge >= 0.3 is 5.97 Å². The fraction of sp³-hybridized carbons (Fsp3) is 0.312. The molecule has 0 fully saturated rings. The van der Waals surface area contributed by atoms with Crippen molar-refractivity contribution < 1.29 is 9.53 Å². The summed E-state index contributed by atoms with van der Waals surface area (Å²) in [5.74, 6) is -0.276. The Hall–Kier alpha value is -2.63. The van der Waals surface area contributed by atoms with E-state index in [1.54, 1.807) is 35.7 Å². The van der Waals surface area contributed by atoms with Gasteiger partial charge in [0.25, 0.3) is 0 Å². The van der Waals surface area contributed by atoms with Crippen molar-refractivity contribution in [2.75, 3.05) is 6.61 Å². The first-order valence-electron chi connectivity index (χ1n) is 7.23. The molecule has 22 heavy (non-hydrogen) atoms. The highest BCUT2D eigenvalue weighted by atomic mass is 16.5. The Morgan fingerprint density at radius 3 is 2.86 bits per heavy atom. The molecule has 0 unspecified atom stereocenters. The van der Waals surface area contributed by atoms with Gasteiger partial charge in [0, 0.05) is 18.0 Å². The second-order valence-electron chi connectivity index (χ2n) is 5.41. The fourth-order valence-corrected chi connectivity index (χ4v) is 2.39. The number of hydrogen-bond donors (Lipinski definition) is 1. The second-order valence-corrected chi connectivity index (χ2v) is 5.41. The molecule has 114 valence electrons. The summed E-state index contributed by atoms with van der Waals surface area (Å²) >= 11 is 0. The van der Waals surface area contributed by atoms with Crippen LogP contribution in [0.5, 0.6) is 0 Å². The third kappa shape index (κ3) is 2.26. The van der Waals surface area contributed by atoms with Crippen molar-refractivity contribution in [3.8, 4) is 0 Å². The van der Waals surface area contributed by atoms with E-state index in [-0.39, 0.29) is 17.0 Å². The monoisotopic (exact) mass is 299 g/mol. The van der Waals surface area contributed by atoms with Crippen LogP contribution in [0.1, 0.15) is 42.9 Å². The number of nitrogens with one attached hydrogen (secondary N) is 1. The SMILES string of the molecule is CCOC(=O)c1cn2c(ccc3c(=O)cc(C(C)C)[nH]c32)n1. The van der Waals surface area contributed by atoms with E-state index in [4.69, 9.17) is 4.74 Å². The lowest BCUT2D eigenvalue weighted by Crippen LogP contribution is -2.08. The van der Waals surface area contributed by atoms with Crippen LogP contribution in [-0.4, -0.2) is 26.9 Å². The van der Waals surface area contributed by atoms with Gasteiger partial charge in [0.15, 0.2) is 11.1 Å². The van der Waals surface area contributed by atoms with Crippen molar-refractivity contribution in [2.45, 2.75) is 26.7 Å². The molecular formula is C16H17N3O3. The Kier molecular flexibility index (Phi) is 3.44. The highest BCUT2D eigenvalue weighted by Crippen LogP contribution is 2.17. The largest absolute Gasteiger partial charge is 0.461 e. The van der Waals surface area contributed by atoms with E-state index >= 15 is 0 Å². The lowest BCUT2D eigenvalue weighted by atomic mass is 10.1. The van der Waals surface area contributed by atoms with Crippen LogP contribution < -0.4 is 5.43 Å². The molecule has 6 heteroatoms.